The number of hydrogen-bond donors (Lipinski definition) is 7. The van der Waals surface area contributed by atoms with Gasteiger partial charge in [-0.2, -0.15) is 0 Å². The van der Waals surface area contributed by atoms with Crippen molar-refractivity contribution in [2.24, 2.45) is 0 Å². The third kappa shape index (κ3) is 14.6. The van der Waals surface area contributed by atoms with Gasteiger partial charge in [0.25, 0.3) is 5.91 Å². The minimum absolute atomic E-state index is 0.0396. The highest BCUT2D eigenvalue weighted by atomic mass is 35.5. The molecule has 1 aliphatic heterocycles. The first-order valence-corrected chi connectivity index (χ1v) is 19.6. The van der Waals surface area contributed by atoms with E-state index in [9.17, 15) is 24.6 Å². The molecule has 16 heteroatoms. The van der Waals surface area contributed by atoms with E-state index in [0.717, 1.165) is 80.3 Å². The number of nitrogen functional groups attached to an aromatic ring is 2. The number of benzene rings is 2. The van der Waals surface area contributed by atoms with Crippen molar-refractivity contribution in [3.05, 3.63) is 70.5 Å². The highest BCUT2D eigenvalue weighted by molar-refractivity contribution is 6.31. The molecule has 306 valence electrons. The van der Waals surface area contributed by atoms with E-state index in [4.69, 9.17) is 42.8 Å². The van der Waals surface area contributed by atoms with Crippen LogP contribution in [0.4, 0.5) is 11.6 Å². The third-order valence-corrected chi connectivity index (χ3v) is 10.3. The molecule has 0 aliphatic carbocycles. The molecule has 0 radical (unpaired) electrons. The maximum absolute atomic E-state index is 13.3. The SMILES string of the molecule is Nc1nc(N)c(C(=O)N[C@H]2CCC[N+](CCCc3ccc(OCC(=O)CCC(O)CO)cc3)(CCCc3ccc(OCC(=O)CCC(O)CO)cc3)C2)nc1Cl. The maximum Gasteiger partial charge on any atom is 0.274 e. The first-order valence-electron chi connectivity index (χ1n) is 19.2. The van der Waals surface area contributed by atoms with E-state index >= 15 is 0 Å². The van der Waals surface area contributed by atoms with Crippen LogP contribution in [0, 0.1) is 0 Å². The van der Waals surface area contributed by atoms with Crippen LogP contribution in [0.3, 0.4) is 0 Å². The molecule has 2 aromatic carbocycles. The number of aryl methyl sites for hydroxylation is 2. The van der Waals surface area contributed by atoms with Crippen LogP contribution < -0.4 is 26.3 Å². The Morgan fingerprint density at radius 2 is 1.30 bits per heavy atom. The Morgan fingerprint density at radius 1 is 0.804 bits per heavy atom. The highest BCUT2D eigenvalue weighted by Crippen LogP contribution is 2.25. The summed E-state index contributed by atoms with van der Waals surface area (Å²) in [5.74, 6) is 0.302. The summed E-state index contributed by atoms with van der Waals surface area (Å²) < 4.78 is 12.1. The van der Waals surface area contributed by atoms with Crippen LogP contribution in [0.15, 0.2) is 48.5 Å². The number of likely N-dealkylation sites (tertiary alicyclic amines) is 1. The molecule has 0 spiro atoms. The fourth-order valence-corrected chi connectivity index (χ4v) is 7.00. The number of ether oxygens (including phenoxy) is 2. The molecule has 3 atom stereocenters. The molecule has 0 bridgehead atoms. The molecule has 1 saturated heterocycles. The summed E-state index contributed by atoms with van der Waals surface area (Å²) in [6, 6.07) is 15.2. The van der Waals surface area contributed by atoms with Crippen molar-refractivity contribution in [1.82, 2.24) is 15.3 Å². The number of quaternary nitrogens is 1. The second-order valence-corrected chi connectivity index (χ2v) is 14.9. The Bertz CT molecular complexity index is 1630. The first-order chi connectivity index (χ1) is 26.9. The van der Waals surface area contributed by atoms with Gasteiger partial charge in [0.05, 0.1) is 57.6 Å². The summed E-state index contributed by atoms with van der Waals surface area (Å²) in [6.45, 7) is 2.53. The zero-order valence-corrected chi connectivity index (χ0v) is 32.5. The summed E-state index contributed by atoms with van der Waals surface area (Å²) in [4.78, 5) is 45.5. The number of carbonyl (C=O) groups excluding carboxylic acids is 3. The second kappa shape index (κ2) is 22.4. The Balaban J connectivity index is 1.34. The lowest BCUT2D eigenvalue weighted by molar-refractivity contribution is -0.933. The topological polar surface area (TPSA) is 240 Å². The zero-order valence-electron chi connectivity index (χ0n) is 31.8. The number of halogens is 1. The monoisotopic (exact) mass is 799 g/mol. The van der Waals surface area contributed by atoms with Crippen molar-refractivity contribution in [3.63, 3.8) is 0 Å². The zero-order chi connectivity index (χ0) is 40.5. The molecule has 56 heavy (non-hydrogen) atoms. The Labute approximate surface area is 332 Å². The molecule has 4 rings (SSSR count). The van der Waals surface area contributed by atoms with Gasteiger partial charge in [0, 0.05) is 25.7 Å². The molecular weight excluding hydrogens is 744 g/mol. The van der Waals surface area contributed by atoms with Crippen molar-refractivity contribution in [2.75, 3.05) is 64.1 Å². The maximum atomic E-state index is 13.3. The van der Waals surface area contributed by atoms with E-state index in [1.165, 1.54) is 0 Å². The van der Waals surface area contributed by atoms with Crippen molar-refractivity contribution in [3.8, 4) is 11.5 Å². The fourth-order valence-electron chi connectivity index (χ4n) is 6.87. The van der Waals surface area contributed by atoms with Gasteiger partial charge in [0.1, 0.15) is 24.7 Å². The number of Topliss-reactive ketones (excluding diaryl/α,β-unsaturated/α-hetero) is 2. The fraction of sp³-hybridized carbons (Fsp3) is 0.525. The average Bonchev–Trinajstić information content (AvgIpc) is 3.19. The number of piperidine rings is 1. The van der Waals surface area contributed by atoms with E-state index in [1.807, 2.05) is 48.5 Å². The predicted molar refractivity (Wildman–Crippen MR) is 211 cm³/mol. The molecule has 1 aliphatic rings. The minimum atomic E-state index is -0.909. The molecule has 2 heterocycles. The van der Waals surface area contributed by atoms with Crippen LogP contribution in [0.25, 0.3) is 0 Å². The van der Waals surface area contributed by atoms with Crippen LogP contribution >= 0.6 is 11.6 Å². The Morgan fingerprint density at radius 3 is 1.79 bits per heavy atom. The lowest BCUT2D eigenvalue weighted by Crippen LogP contribution is -2.60. The van der Waals surface area contributed by atoms with Crippen molar-refractivity contribution in [1.29, 1.82) is 0 Å². The number of carbonyl (C=O) groups is 3. The van der Waals surface area contributed by atoms with Gasteiger partial charge in [0.2, 0.25) is 0 Å². The summed E-state index contributed by atoms with van der Waals surface area (Å²) in [5.41, 5.74) is 13.9. The minimum Gasteiger partial charge on any atom is -0.486 e. The smallest absolute Gasteiger partial charge is 0.274 e. The molecule has 2 unspecified atom stereocenters. The normalized spacial score (nSPS) is 17.8. The number of rotatable bonds is 24. The number of aromatic nitrogens is 2. The number of nitrogens with zero attached hydrogens (tertiary/aromatic N) is 3. The lowest BCUT2D eigenvalue weighted by Gasteiger charge is -2.45. The number of nitrogens with one attached hydrogen (secondary N) is 1. The number of anilines is 2. The highest BCUT2D eigenvalue weighted by Gasteiger charge is 2.35. The number of amides is 1. The lowest BCUT2D eigenvalue weighted by atomic mass is 9.99. The van der Waals surface area contributed by atoms with Gasteiger partial charge >= 0.3 is 0 Å². The number of nitrogens with two attached hydrogens (primary N) is 2. The molecular formula is C40H56ClN6O9+. The standard InChI is InChI=1S/C40H55ClN6O9/c41-37-39(43)46-38(42)36(45-37)40(54)44-29-6-3-21-47(22-29,19-1-4-27-7-15-34(16-8-27)55-25-32(52)13-11-30(50)23-48)20-2-5-28-9-17-35(18-10-28)56-26-33(53)14-12-31(51)24-49/h7-10,15-18,29-31,48-51H,1-6,11-14,19-26H2,(H4-,42,43,44,46,54)/p+1/t29-,30?,31?,47?/m0/s1. The van der Waals surface area contributed by atoms with Gasteiger partial charge in [-0.25, -0.2) is 9.97 Å². The predicted octanol–water partition coefficient (Wildman–Crippen LogP) is 2.43. The summed E-state index contributed by atoms with van der Waals surface area (Å²) >= 11 is 6.05. The summed E-state index contributed by atoms with van der Waals surface area (Å²) in [6.07, 6.45) is 4.03. The first kappa shape index (κ1) is 44.3. The van der Waals surface area contributed by atoms with Crippen LogP contribution in [0.1, 0.15) is 73.0 Å². The largest absolute Gasteiger partial charge is 0.486 e. The number of aliphatic hydroxyl groups excluding tert-OH is 4. The molecule has 1 fully saturated rings. The number of aliphatic hydroxyl groups is 4. The average molecular weight is 800 g/mol. The van der Waals surface area contributed by atoms with Gasteiger partial charge in [-0.05, 0) is 73.9 Å². The molecule has 15 nitrogen and oxygen atoms in total. The van der Waals surface area contributed by atoms with Gasteiger partial charge in [-0.3, -0.25) is 14.4 Å². The van der Waals surface area contributed by atoms with E-state index in [2.05, 4.69) is 15.3 Å². The van der Waals surface area contributed by atoms with E-state index in [-0.39, 0.29) is 92.2 Å². The van der Waals surface area contributed by atoms with Gasteiger partial charge in [0.15, 0.2) is 34.0 Å². The molecule has 9 N–H and O–H groups in total. The van der Waals surface area contributed by atoms with Crippen LogP contribution in [0.2, 0.25) is 5.15 Å². The van der Waals surface area contributed by atoms with Crippen LogP contribution in [-0.2, 0) is 22.4 Å². The van der Waals surface area contributed by atoms with Gasteiger partial charge < -0.3 is 51.2 Å². The van der Waals surface area contributed by atoms with Crippen LogP contribution in [0.5, 0.6) is 11.5 Å². The molecule has 3 aromatic rings. The Kier molecular flexibility index (Phi) is 17.7. The van der Waals surface area contributed by atoms with E-state index < -0.39 is 18.1 Å². The molecule has 1 aromatic heterocycles. The van der Waals surface area contributed by atoms with Gasteiger partial charge in [-0.1, -0.05) is 35.9 Å². The molecule has 1 amide bonds. The third-order valence-electron chi connectivity index (χ3n) is 10.0. The molecule has 0 saturated carbocycles. The van der Waals surface area contributed by atoms with Gasteiger partial charge in [-0.15, -0.1) is 0 Å². The van der Waals surface area contributed by atoms with E-state index in [0.29, 0.717) is 11.5 Å². The van der Waals surface area contributed by atoms with Crippen molar-refractivity contribution in [2.45, 2.75) is 82.5 Å². The van der Waals surface area contributed by atoms with Crippen molar-refractivity contribution < 1.29 is 48.8 Å². The quantitative estimate of drug-likeness (QED) is 0.0646. The van der Waals surface area contributed by atoms with Crippen LogP contribution in [-0.4, -0.2) is 123 Å². The van der Waals surface area contributed by atoms with Crippen molar-refractivity contribution >= 4 is 40.7 Å². The Hall–Kier alpha value is -4.38. The summed E-state index contributed by atoms with van der Waals surface area (Å²) in [7, 11) is 0. The van der Waals surface area contributed by atoms with E-state index in [1.54, 1.807) is 0 Å². The summed E-state index contributed by atoms with van der Waals surface area (Å²) in [5, 5.41) is 39.8. The number of ketones is 2. The number of hydrogen-bond acceptors (Lipinski definition) is 13. The second-order valence-electron chi connectivity index (χ2n) is 14.5.